The Morgan fingerprint density at radius 2 is 0.894 bits per heavy atom. The van der Waals surface area contributed by atoms with E-state index in [-0.39, 0.29) is 61.7 Å². The third-order valence-corrected chi connectivity index (χ3v) is 13.3. The van der Waals surface area contributed by atoms with Crippen LogP contribution in [0.25, 0.3) is 0 Å². The second kappa shape index (κ2) is 13.1. The minimum Gasteiger partial charge on any atom is -0.457 e. The molecule has 2 fully saturated rings. The number of sulfonamides is 2. The lowest BCUT2D eigenvalue weighted by Gasteiger charge is -2.38. The Balaban J connectivity index is 1.06. The van der Waals surface area contributed by atoms with Crippen LogP contribution in [0.4, 0.5) is 0 Å². The molecule has 0 amide bonds. The van der Waals surface area contributed by atoms with Crippen molar-refractivity contribution in [3.05, 3.63) is 118 Å². The molecule has 248 valence electrons. The molecule has 9 nitrogen and oxygen atoms in total. The first-order valence-electron chi connectivity index (χ1n) is 15.1. The fraction of sp³-hybridized carbons (Fsp3) is 0.294. The van der Waals surface area contributed by atoms with Gasteiger partial charge in [0.25, 0.3) is 0 Å². The van der Waals surface area contributed by atoms with Crippen molar-refractivity contribution in [2.75, 3.05) is 26.2 Å². The molecule has 6 rings (SSSR count). The van der Waals surface area contributed by atoms with Crippen LogP contribution in [0.3, 0.4) is 0 Å². The first kappa shape index (κ1) is 33.9. The number of hydrogen-bond acceptors (Lipinski definition) is 7. The zero-order valence-electron chi connectivity index (χ0n) is 25.3. The van der Waals surface area contributed by atoms with Crippen molar-refractivity contribution in [2.45, 2.75) is 46.7 Å². The van der Waals surface area contributed by atoms with Crippen molar-refractivity contribution < 1.29 is 31.8 Å². The van der Waals surface area contributed by atoms with Crippen LogP contribution in [-0.2, 0) is 31.2 Å². The van der Waals surface area contributed by atoms with Crippen LogP contribution >= 0.6 is 23.2 Å². The molecule has 0 radical (unpaired) electrons. The molecule has 2 aliphatic heterocycles. The largest absolute Gasteiger partial charge is 0.457 e. The second-order valence-corrected chi connectivity index (χ2v) is 16.7. The van der Waals surface area contributed by atoms with Crippen molar-refractivity contribution in [1.29, 1.82) is 0 Å². The standard InChI is InChI=1S/C34H34Cl2N2O7S2/c35-27-5-1-3-25(23-27)33(39)15-19-37(20-16-33)46(41,42)31-11-7-29(8-12-31)45-30-9-13-32(14-10-30)47(43,44)38-21-17-34(40,18-22-38)26-4-2-6-28(36)24-26/h1-14,23-24,39-40H,15-22H2. The van der Waals surface area contributed by atoms with Gasteiger partial charge in [-0.15, -0.1) is 0 Å². The summed E-state index contributed by atoms with van der Waals surface area (Å²) < 4.78 is 62.0. The van der Waals surface area contributed by atoms with E-state index in [1.807, 2.05) is 0 Å². The van der Waals surface area contributed by atoms with Crippen molar-refractivity contribution in [3.8, 4) is 11.5 Å². The Labute approximate surface area is 285 Å². The van der Waals surface area contributed by atoms with E-state index in [1.54, 1.807) is 72.8 Å². The Bertz CT molecular complexity index is 1810. The Hall–Kier alpha value is -3.00. The summed E-state index contributed by atoms with van der Waals surface area (Å²) >= 11 is 12.2. The van der Waals surface area contributed by atoms with Gasteiger partial charge in [0.05, 0.1) is 21.0 Å². The van der Waals surface area contributed by atoms with Crippen LogP contribution in [0.1, 0.15) is 36.8 Å². The second-order valence-electron chi connectivity index (χ2n) is 11.9. The summed E-state index contributed by atoms with van der Waals surface area (Å²) in [6, 6.07) is 26.0. The summed E-state index contributed by atoms with van der Waals surface area (Å²) in [6.07, 6.45) is 0.954. The highest BCUT2D eigenvalue weighted by Gasteiger charge is 2.39. The zero-order valence-corrected chi connectivity index (χ0v) is 28.4. The van der Waals surface area contributed by atoms with Gasteiger partial charge in [0, 0.05) is 36.2 Å². The molecule has 0 atom stereocenters. The predicted molar refractivity (Wildman–Crippen MR) is 180 cm³/mol. The quantitative estimate of drug-likeness (QED) is 0.225. The molecule has 4 aromatic carbocycles. The normalized spacial score (nSPS) is 18.9. The number of aliphatic hydroxyl groups is 2. The Kier molecular flexibility index (Phi) is 9.47. The molecule has 0 unspecified atom stereocenters. The molecule has 2 heterocycles. The molecule has 0 spiro atoms. The van der Waals surface area contributed by atoms with E-state index >= 15 is 0 Å². The van der Waals surface area contributed by atoms with Crippen molar-refractivity contribution in [1.82, 2.24) is 8.61 Å². The Morgan fingerprint density at radius 3 is 1.21 bits per heavy atom. The van der Waals surface area contributed by atoms with Crippen LogP contribution in [0.2, 0.25) is 10.0 Å². The third kappa shape index (κ3) is 7.09. The number of benzene rings is 4. The molecule has 0 aliphatic carbocycles. The highest BCUT2D eigenvalue weighted by molar-refractivity contribution is 7.89. The molecule has 2 saturated heterocycles. The first-order chi connectivity index (χ1) is 22.3. The van der Waals surface area contributed by atoms with Crippen molar-refractivity contribution in [3.63, 3.8) is 0 Å². The van der Waals surface area contributed by atoms with Crippen LogP contribution in [0, 0.1) is 0 Å². The molecular weight excluding hydrogens is 683 g/mol. The topological polar surface area (TPSA) is 124 Å². The lowest BCUT2D eigenvalue weighted by atomic mass is 9.85. The maximum atomic E-state index is 13.3. The summed E-state index contributed by atoms with van der Waals surface area (Å²) in [5.74, 6) is 0.759. The fourth-order valence-electron chi connectivity index (χ4n) is 6.12. The third-order valence-electron chi connectivity index (χ3n) is 8.98. The summed E-state index contributed by atoms with van der Waals surface area (Å²) in [7, 11) is -7.60. The average molecular weight is 718 g/mol. The fourth-order valence-corrected chi connectivity index (χ4v) is 9.38. The van der Waals surface area contributed by atoms with Crippen LogP contribution in [0.15, 0.2) is 107 Å². The maximum absolute atomic E-state index is 13.3. The molecule has 4 aromatic rings. The maximum Gasteiger partial charge on any atom is 0.243 e. The lowest BCUT2D eigenvalue weighted by Crippen LogP contribution is -2.45. The van der Waals surface area contributed by atoms with E-state index < -0.39 is 31.2 Å². The molecule has 0 saturated carbocycles. The van der Waals surface area contributed by atoms with Gasteiger partial charge in [-0.05, 0) is 110 Å². The zero-order chi connectivity index (χ0) is 33.5. The van der Waals surface area contributed by atoms with Crippen LogP contribution in [0.5, 0.6) is 11.5 Å². The average Bonchev–Trinajstić information content (AvgIpc) is 3.06. The summed E-state index contributed by atoms with van der Waals surface area (Å²) in [6.45, 7) is 0.607. The summed E-state index contributed by atoms with van der Waals surface area (Å²) in [5, 5.41) is 23.3. The van der Waals surface area contributed by atoms with E-state index in [0.717, 1.165) is 0 Å². The summed E-state index contributed by atoms with van der Waals surface area (Å²) in [5.41, 5.74) is -0.966. The SMILES string of the molecule is O=S(=O)(c1ccc(Oc2ccc(S(=O)(=O)N3CCC(O)(c4cccc(Cl)c4)CC3)cc2)cc1)N1CCC(O)(c2cccc(Cl)c2)CC1. The van der Waals surface area contributed by atoms with Gasteiger partial charge < -0.3 is 14.9 Å². The van der Waals surface area contributed by atoms with Gasteiger partial charge >= 0.3 is 0 Å². The van der Waals surface area contributed by atoms with Gasteiger partial charge in [-0.2, -0.15) is 8.61 Å². The smallest absolute Gasteiger partial charge is 0.243 e. The molecule has 2 aliphatic rings. The highest BCUT2D eigenvalue weighted by Crippen LogP contribution is 2.37. The molecule has 13 heteroatoms. The van der Waals surface area contributed by atoms with Crippen molar-refractivity contribution >= 4 is 43.2 Å². The number of piperidine rings is 2. The number of halogens is 2. The van der Waals surface area contributed by atoms with E-state index in [4.69, 9.17) is 27.9 Å². The van der Waals surface area contributed by atoms with Gasteiger partial charge in [-0.25, -0.2) is 16.8 Å². The first-order valence-corrected chi connectivity index (χ1v) is 18.8. The monoisotopic (exact) mass is 716 g/mol. The van der Waals surface area contributed by atoms with Crippen LogP contribution in [-0.4, -0.2) is 61.8 Å². The van der Waals surface area contributed by atoms with Gasteiger partial charge in [0.2, 0.25) is 20.0 Å². The summed E-state index contributed by atoms with van der Waals surface area (Å²) in [4.78, 5) is 0.201. The number of hydrogen-bond donors (Lipinski definition) is 2. The van der Waals surface area contributed by atoms with Gasteiger partial charge in [-0.1, -0.05) is 47.5 Å². The number of ether oxygens (including phenoxy) is 1. The van der Waals surface area contributed by atoms with E-state index in [9.17, 15) is 27.0 Å². The lowest BCUT2D eigenvalue weighted by molar-refractivity contribution is -0.0100. The molecule has 47 heavy (non-hydrogen) atoms. The van der Waals surface area contributed by atoms with Crippen LogP contribution < -0.4 is 4.74 Å². The molecule has 0 bridgehead atoms. The minimum absolute atomic E-state index is 0.100. The number of nitrogens with zero attached hydrogens (tertiary/aromatic N) is 2. The molecular formula is C34H34Cl2N2O7S2. The predicted octanol–water partition coefficient (Wildman–Crippen LogP) is 6.13. The van der Waals surface area contributed by atoms with E-state index in [1.165, 1.54) is 32.9 Å². The van der Waals surface area contributed by atoms with Gasteiger partial charge in [-0.3, -0.25) is 0 Å². The van der Waals surface area contributed by atoms with Crippen molar-refractivity contribution in [2.24, 2.45) is 0 Å². The Morgan fingerprint density at radius 1 is 0.553 bits per heavy atom. The van der Waals surface area contributed by atoms with E-state index in [2.05, 4.69) is 0 Å². The molecule has 2 N–H and O–H groups in total. The van der Waals surface area contributed by atoms with E-state index in [0.29, 0.717) is 32.7 Å². The molecule has 0 aromatic heterocycles. The highest BCUT2D eigenvalue weighted by atomic mass is 35.5. The van der Waals surface area contributed by atoms with Gasteiger partial charge in [0.1, 0.15) is 11.5 Å². The minimum atomic E-state index is -3.80. The number of rotatable bonds is 8. The van der Waals surface area contributed by atoms with Gasteiger partial charge in [0.15, 0.2) is 0 Å².